The van der Waals surface area contributed by atoms with Gasteiger partial charge in [-0.25, -0.2) is 4.98 Å². The highest BCUT2D eigenvalue weighted by molar-refractivity contribution is 7.16. The van der Waals surface area contributed by atoms with Crippen LogP contribution in [0.4, 0.5) is 11.4 Å². The summed E-state index contributed by atoms with van der Waals surface area (Å²) < 4.78 is 1.14. The summed E-state index contributed by atoms with van der Waals surface area (Å²) in [6.45, 7) is 6.64. The molecule has 0 aliphatic heterocycles. The smallest absolute Gasteiger partial charge is 0.106 e. The molecule has 1 unspecified atom stereocenters. The van der Waals surface area contributed by atoms with E-state index in [4.69, 9.17) is 5.73 Å². The van der Waals surface area contributed by atoms with Gasteiger partial charge in [0.05, 0.1) is 21.6 Å². The van der Waals surface area contributed by atoms with E-state index in [0.717, 1.165) is 28.0 Å². The summed E-state index contributed by atoms with van der Waals surface area (Å²) in [5.74, 6) is 0.682. The molecule has 0 spiro atoms. The van der Waals surface area contributed by atoms with Crippen molar-refractivity contribution < 1.29 is 0 Å². The lowest BCUT2D eigenvalue weighted by atomic mass is 10.0. The number of thiazole rings is 1. The first-order valence-corrected chi connectivity index (χ1v) is 6.84. The van der Waals surface area contributed by atoms with Crippen LogP contribution in [0.1, 0.15) is 27.2 Å². The molecule has 0 aliphatic carbocycles. The maximum absolute atomic E-state index is 6.12. The topological polar surface area (TPSA) is 50.9 Å². The lowest BCUT2D eigenvalue weighted by Gasteiger charge is -2.18. The van der Waals surface area contributed by atoms with Crippen LogP contribution >= 0.6 is 11.3 Å². The van der Waals surface area contributed by atoms with E-state index in [1.165, 1.54) is 0 Å². The number of rotatable bonds is 4. The molecule has 0 radical (unpaired) electrons. The van der Waals surface area contributed by atoms with Crippen LogP contribution in [0.5, 0.6) is 0 Å². The van der Waals surface area contributed by atoms with Gasteiger partial charge >= 0.3 is 0 Å². The average molecular weight is 249 g/mol. The molecular weight excluding hydrogens is 230 g/mol. The Morgan fingerprint density at radius 2 is 2.12 bits per heavy atom. The molecule has 0 amide bonds. The molecule has 1 atom stereocenters. The van der Waals surface area contributed by atoms with E-state index in [9.17, 15) is 0 Å². The minimum absolute atomic E-state index is 0.424. The van der Waals surface area contributed by atoms with Crippen LogP contribution in [-0.4, -0.2) is 11.0 Å². The standard InChI is InChI=1S/C13H19N3S/c1-8(2)6-9(3)16-10-4-5-11-13(12(10)14)15-7-17-11/h4-5,7-9,16H,6,14H2,1-3H3. The number of anilines is 2. The SMILES string of the molecule is CC(C)CC(C)Nc1ccc2scnc2c1N. The second-order valence-corrected chi connectivity index (χ2v) is 5.79. The summed E-state index contributed by atoms with van der Waals surface area (Å²) in [7, 11) is 0. The van der Waals surface area contributed by atoms with Crippen LogP contribution in [0.2, 0.25) is 0 Å². The zero-order chi connectivity index (χ0) is 12.4. The molecule has 0 saturated heterocycles. The summed E-state index contributed by atoms with van der Waals surface area (Å²) >= 11 is 1.62. The third kappa shape index (κ3) is 2.69. The molecule has 0 bridgehead atoms. The van der Waals surface area contributed by atoms with Gasteiger partial charge in [-0.2, -0.15) is 0 Å². The Bertz CT molecular complexity index is 504. The van der Waals surface area contributed by atoms with Crippen molar-refractivity contribution in [3.63, 3.8) is 0 Å². The molecule has 92 valence electrons. The highest BCUT2D eigenvalue weighted by Gasteiger charge is 2.10. The molecule has 2 rings (SSSR count). The number of nitrogen functional groups attached to an aromatic ring is 1. The minimum atomic E-state index is 0.424. The molecule has 0 saturated carbocycles. The second-order valence-electron chi connectivity index (χ2n) is 4.90. The fraction of sp³-hybridized carbons (Fsp3) is 0.462. The molecule has 1 heterocycles. The molecule has 4 heteroatoms. The molecule has 3 nitrogen and oxygen atoms in total. The van der Waals surface area contributed by atoms with Gasteiger partial charge in [-0.1, -0.05) is 13.8 Å². The summed E-state index contributed by atoms with van der Waals surface area (Å²) in [5.41, 5.74) is 10.6. The Morgan fingerprint density at radius 1 is 1.35 bits per heavy atom. The van der Waals surface area contributed by atoms with Crippen molar-refractivity contribution in [1.29, 1.82) is 0 Å². The van der Waals surface area contributed by atoms with Gasteiger partial charge in [-0.15, -0.1) is 11.3 Å². The summed E-state index contributed by atoms with van der Waals surface area (Å²) in [4.78, 5) is 4.30. The predicted molar refractivity (Wildman–Crippen MR) is 76.6 cm³/mol. The lowest BCUT2D eigenvalue weighted by Crippen LogP contribution is -2.18. The van der Waals surface area contributed by atoms with Crippen LogP contribution in [0.25, 0.3) is 10.2 Å². The van der Waals surface area contributed by atoms with Gasteiger partial charge in [0.2, 0.25) is 0 Å². The van der Waals surface area contributed by atoms with Gasteiger partial charge in [0.15, 0.2) is 0 Å². The molecule has 3 N–H and O–H groups in total. The van der Waals surface area contributed by atoms with Crippen molar-refractivity contribution in [3.8, 4) is 0 Å². The summed E-state index contributed by atoms with van der Waals surface area (Å²) in [6, 6.07) is 4.55. The van der Waals surface area contributed by atoms with Gasteiger partial charge in [-0.3, -0.25) is 0 Å². The first-order valence-electron chi connectivity index (χ1n) is 5.96. The van der Waals surface area contributed by atoms with Crippen molar-refractivity contribution in [2.24, 2.45) is 5.92 Å². The van der Waals surface area contributed by atoms with Crippen molar-refractivity contribution in [1.82, 2.24) is 4.98 Å². The molecule has 0 fully saturated rings. The normalized spacial score (nSPS) is 13.2. The van der Waals surface area contributed by atoms with Crippen LogP contribution in [0, 0.1) is 5.92 Å². The molecule has 1 aromatic heterocycles. The van der Waals surface area contributed by atoms with E-state index in [0.29, 0.717) is 12.0 Å². The van der Waals surface area contributed by atoms with Crippen LogP contribution < -0.4 is 11.1 Å². The van der Waals surface area contributed by atoms with E-state index >= 15 is 0 Å². The van der Waals surface area contributed by atoms with Crippen molar-refractivity contribution in [3.05, 3.63) is 17.6 Å². The number of nitrogens with one attached hydrogen (secondary N) is 1. The Labute approximate surface area is 106 Å². The Balaban J connectivity index is 2.21. The van der Waals surface area contributed by atoms with Gasteiger partial charge in [0, 0.05) is 6.04 Å². The van der Waals surface area contributed by atoms with Gasteiger partial charge in [0.1, 0.15) is 5.52 Å². The molecule has 2 aromatic rings. The number of aromatic nitrogens is 1. The number of nitrogens with zero attached hydrogens (tertiary/aromatic N) is 1. The first kappa shape index (κ1) is 12.2. The fourth-order valence-corrected chi connectivity index (χ4v) is 2.80. The Morgan fingerprint density at radius 3 is 2.82 bits per heavy atom. The zero-order valence-electron chi connectivity index (χ0n) is 10.5. The quantitative estimate of drug-likeness (QED) is 0.812. The monoisotopic (exact) mass is 249 g/mol. The van der Waals surface area contributed by atoms with Crippen LogP contribution in [0.15, 0.2) is 17.6 Å². The largest absolute Gasteiger partial charge is 0.395 e. The third-order valence-corrected chi connectivity index (χ3v) is 3.56. The average Bonchev–Trinajstić information content (AvgIpc) is 2.69. The van der Waals surface area contributed by atoms with E-state index in [1.54, 1.807) is 11.3 Å². The molecule has 17 heavy (non-hydrogen) atoms. The molecular formula is C13H19N3S. The number of benzene rings is 1. The first-order chi connectivity index (χ1) is 8.08. The molecule has 1 aromatic carbocycles. The second kappa shape index (κ2) is 4.92. The Hall–Kier alpha value is -1.29. The minimum Gasteiger partial charge on any atom is -0.395 e. The fourth-order valence-electron chi connectivity index (χ4n) is 2.11. The van der Waals surface area contributed by atoms with Crippen LogP contribution in [-0.2, 0) is 0 Å². The van der Waals surface area contributed by atoms with Crippen molar-refractivity contribution in [2.45, 2.75) is 33.2 Å². The van der Waals surface area contributed by atoms with E-state index in [-0.39, 0.29) is 0 Å². The van der Waals surface area contributed by atoms with E-state index < -0.39 is 0 Å². The highest BCUT2D eigenvalue weighted by atomic mass is 32.1. The van der Waals surface area contributed by atoms with Crippen LogP contribution in [0.3, 0.4) is 0 Å². The summed E-state index contributed by atoms with van der Waals surface area (Å²) in [6.07, 6.45) is 1.13. The van der Waals surface area contributed by atoms with E-state index in [1.807, 2.05) is 11.6 Å². The number of hydrogen-bond donors (Lipinski definition) is 2. The number of hydrogen-bond acceptors (Lipinski definition) is 4. The summed E-state index contributed by atoms with van der Waals surface area (Å²) in [5, 5.41) is 3.46. The van der Waals surface area contributed by atoms with Gasteiger partial charge < -0.3 is 11.1 Å². The van der Waals surface area contributed by atoms with Gasteiger partial charge in [-0.05, 0) is 31.4 Å². The number of nitrogens with two attached hydrogens (primary N) is 1. The van der Waals surface area contributed by atoms with Crippen molar-refractivity contribution in [2.75, 3.05) is 11.1 Å². The number of fused-ring (bicyclic) bond motifs is 1. The maximum atomic E-state index is 6.12. The van der Waals surface area contributed by atoms with E-state index in [2.05, 4.69) is 37.1 Å². The maximum Gasteiger partial charge on any atom is 0.106 e. The van der Waals surface area contributed by atoms with Gasteiger partial charge in [0.25, 0.3) is 0 Å². The van der Waals surface area contributed by atoms with Crippen molar-refractivity contribution >= 4 is 32.9 Å². The third-order valence-electron chi connectivity index (χ3n) is 2.77. The lowest BCUT2D eigenvalue weighted by molar-refractivity contribution is 0.540. The molecule has 0 aliphatic rings. The predicted octanol–water partition coefficient (Wildman–Crippen LogP) is 3.73. The zero-order valence-corrected chi connectivity index (χ0v) is 11.3. The Kier molecular flexibility index (Phi) is 3.52. The highest BCUT2D eigenvalue weighted by Crippen LogP contribution is 2.30.